The summed E-state index contributed by atoms with van der Waals surface area (Å²) in [6, 6.07) is 16.6. The first-order chi connectivity index (χ1) is 19.2. The third-order valence-corrected chi connectivity index (χ3v) is 7.17. The molecule has 3 N–H and O–H groups in total. The molecule has 0 radical (unpaired) electrons. The van der Waals surface area contributed by atoms with E-state index in [1.165, 1.54) is 24.3 Å². The Morgan fingerprint density at radius 2 is 1.77 bits per heavy atom. The van der Waals surface area contributed by atoms with Crippen molar-refractivity contribution in [2.75, 3.05) is 0 Å². The van der Waals surface area contributed by atoms with E-state index in [4.69, 9.17) is 17.3 Å². The fraction of sp³-hybridized carbons (Fsp3) is 0.125. The maximum absolute atomic E-state index is 14.1. The Morgan fingerprint density at radius 3 is 2.52 bits per heavy atom. The molecule has 5 rings (SSSR count). The largest absolute Gasteiger partial charge is 0.399 e. The fourth-order valence-corrected chi connectivity index (χ4v) is 5.30. The lowest BCUT2D eigenvalue weighted by molar-refractivity contribution is -0.118. The second-order valence-electron chi connectivity index (χ2n) is 9.76. The average Bonchev–Trinajstić information content (AvgIpc) is 3.29. The Morgan fingerprint density at radius 1 is 1.00 bits per heavy atom. The Bertz CT molecular complexity index is 1730. The maximum atomic E-state index is 14.1. The number of pyridine rings is 1. The highest BCUT2D eigenvalue weighted by Crippen LogP contribution is 2.35. The summed E-state index contributed by atoms with van der Waals surface area (Å²) in [6.07, 6.45) is 3.56. The summed E-state index contributed by atoms with van der Waals surface area (Å²) >= 11 is 6.31. The van der Waals surface area contributed by atoms with Gasteiger partial charge in [0.05, 0.1) is 5.69 Å². The van der Waals surface area contributed by atoms with E-state index < -0.39 is 23.4 Å². The Balaban J connectivity index is 1.53. The summed E-state index contributed by atoms with van der Waals surface area (Å²) in [5, 5.41) is 1.07. The first-order valence-corrected chi connectivity index (χ1v) is 13.0. The Kier molecular flexibility index (Phi) is 7.76. The van der Waals surface area contributed by atoms with E-state index in [0.717, 1.165) is 22.7 Å². The molecule has 0 aliphatic rings. The van der Waals surface area contributed by atoms with E-state index in [1.54, 1.807) is 36.7 Å². The zero-order valence-electron chi connectivity index (χ0n) is 21.4. The van der Waals surface area contributed by atoms with Crippen LogP contribution in [0.1, 0.15) is 34.7 Å². The molecule has 0 bridgehead atoms. The van der Waals surface area contributed by atoms with Crippen molar-refractivity contribution in [3.05, 3.63) is 131 Å². The summed E-state index contributed by atoms with van der Waals surface area (Å²) in [6.45, 7) is 3.79. The van der Waals surface area contributed by atoms with Crippen LogP contribution in [0.4, 0.5) is 13.2 Å². The number of hydrogen-bond acceptors (Lipinski definition) is 3. The number of carbonyl (C=O) groups is 1. The van der Waals surface area contributed by atoms with Gasteiger partial charge in [-0.05, 0) is 71.6 Å². The lowest BCUT2D eigenvalue weighted by Crippen LogP contribution is -2.14. The third kappa shape index (κ3) is 5.95. The highest BCUT2D eigenvalue weighted by molar-refractivity contribution is 6.32. The van der Waals surface area contributed by atoms with Gasteiger partial charge in [0.1, 0.15) is 23.2 Å². The number of nitrogens with two attached hydrogens (primary N) is 1. The van der Waals surface area contributed by atoms with Crippen LogP contribution < -0.4 is 5.73 Å². The number of hydrogen-bond donors (Lipinski definition) is 2. The Hall–Kier alpha value is -4.36. The van der Waals surface area contributed by atoms with Crippen LogP contribution in [0.15, 0.2) is 85.7 Å². The van der Waals surface area contributed by atoms with Crippen molar-refractivity contribution >= 4 is 34.0 Å². The van der Waals surface area contributed by atoms with Crippen LogP contribution in [0, 0.1) is 17.5 Å². The predicted molar refractivity (Wildman–Crippen MR) is 152 cm³/mol. The van der Waals surface area contributed by atoms with Gasteiger partial charge in [-0.15, -0.1) is 0 Å². The third-order valence-electron chi connectivity index (χ3n) is 6.84. The molecule has 5 aromatic rings. The number of ketones is 1. The smallest absolute Gasteiger partial charge is 0.138 e. The number of carbonyl (C=O) groups excluding carboxylic acids is 1. The first kappa shape index (κ1) is 27.2. The summed E-state index contributed by atoms with van der Waals surface area (Å²) in [5.74, 6) is -2.45. The molecule has 202 valence electrons. The normalized spacial score (nSPS) is 12.0. The van der Waals surface area contributed by atoms with E-state index in [0.29, 0.717) is 38.5 Å². The van der Waals surface area contributed by atoms with Gasteiger partial charge < -0.3 is 10.7 Å². The number of Topliss-reactive ketones (excluding diaryl/α,β-unsaturated/α-hetero) is 1. The molecule has 2 aromatic heterocycles. The second-order valence-corrected chi connectivity index (χ2v) is 10.2. The summed E-state index contributed by atoms with van der Waals surface area (Å²) in [5.41, 5.74) is 10.7. The van der Waals surface area contributed by atoms with Gasteiger partial charge in [0.25, 0.3) is 0 Å². The molecule has 1 atom stereocenters. The zero-order chi connectivity index (χ0) is 28.4. The van der Waals surface area contributed by atoms with Gasteiger partial charge >= 0.3 is 0 Å². The predicted octanol–water partition coefficient (Wildman–Crippen LogP) is 7.76. The second kappa shape index (κ2) is 11.4. The fourth-order valence-electron chi connectivity index (χ4n) is 5.06. The Labute approximate surface area is 234 Å². The zero-order valence-corrected chi connectivity index (χ0v) is 22.1. The molecular weight excluding hydrogens is 535 g/mol. The van der Waals surface area contributed by atoms with Gasteiger partial charge in [0.2, 0.25) is 0 Å². The van der Waals surface area contributed by atoms with Gasteiger partial charge in [0, 0.05) is 70.0 Å². The van der Waals surface area contributed by atoms with Gasteiger partial charge in [-0.25, -0.2) is 13.2 Å². The van der Waals surface area contributed by atoms with E-state index in [-0.39, 0.29) is 25.0 Å². The highest BCUT2D eigenvalue weighted by Gasteiger charge is 2.23. The van der Waals surface area contributed by atoms with E-state index in [2.05, 4.69) is 16.5 Å². The monoisotopic (exact) mass is 559 g/mol. The standard InChI is InChI=1S/C32H25ClF3N3O/c1-18(37)28-14-20(4-6-30(28)33)27-3-2-8-38-32(27)21(9-19-10-24(35)15-25(36)11-19)12-26(40)13-22-17-39-31-7-5-23(34)16-29(22)31/h2-8,10-11,14-17,21,39H,1,9,12-13,37H2/t21-/m1/s1. The van der Waals surface area contributed by atoms with Gasteiger partial charge in [0.15, 0.2) is 0 Å². The first-order valence-electron chi connectivity index (χ1n) is 12.6. The number of aromatic amines is 1. The molecule has 0 unspecified atom stereocenters. The molecule has 8 heteroatoms. The van der Waals surface area contributed by atoms with Gasteiger partial charge in [-0.2, -0.15) is 0 Å². The molecular formula is C32H25ClF3N3O. The van der Waals surface area contributed by atoms with Crippen LogP contribution in [-0.2, 0) is 17.6 Å². The van der Waals surface area contributed by atoms with Crippen LogP contribution in [0.2, 0.25) is 5.02 Å². The molecule has 0 aliphatic carbocycles. The van der Waals surface area contributed by atoms with Crippen LogP contribution in [0.3, 0.4) is 0 Å². The topological polar surface area (TPSA) is 71.8 Å². The molecule has 40 heavy (non-hydrogen) atoms. The average molecular weight is 560 g/mol. The maximum Gasteiger partial charge on any atom is 0.138 e. The minimum absolute atomic E-state index is 0.0359. The number of rotatable bonds is 9. The lowest BCUT2D eigenvalue weighted by Gasteiger charge is -2.20. The number of aromatic nitrogens is 2. The van der Waals surface area contributed by atoms with E-state index >= 15 is 0 Å². The van der Waals surface area contributed by atoms with Crippen molar-refractivity contribution in [2.45, 2.75) is 25.2 Å². The molecule has 0 saturated carbocycles. The molecule has 4 nitrogen and oxygen atoms in total. The van der Waals surface area contributed by atoms with Crippen LogP contribution >= 0.6 is 11.6 Å². The van der Waals surface area contributed by atoms with Crippen molar-refractivity contribution in [3.8, 4) is 11.1 Å². The number of nitrogens with one attached hydrogen (secondary N) is 1. The van der Waals surface area contributed by atoms with Crippen LogP contribution in [0.25, 0.3) is 27.7 Å². The SMILES string of the molecule is C=C(N)c1cc(-c2cccnc2[C@@H](CC(=O)Cc2c[nH]c3ccc(F)cc23)Cc2cc(F)cc(F)c2)ccc1Cl. The van der Waals surface area contributed by atoms with Gasteiger partial charge in [-0.3, -0.25) is 9.78 Å². The highest BCUT2D eigenvalue weighted by atomic mass is 35.5. The summed E-state index contributed by atoms with van der Waals surface area (Å²) in [7, 11) is 0. The van der Waals surface area contributed by atoms with E-state index in [9.17, 15) is 18.0 Å². The minimum atomic E-state index is -0.703. The molecule has 0 spiro atoms. The number of fused-ring (bicyclic) bond motifs is 1. The molecule has 0 amide bonds. The van der Waals surface area contributed by atoms with Crippen LogP contribution in [-0.4, -0.2) is 15.8 Å². The lowest BCUT2D eigenvalue weighted by atomic mass is 9.85. The van der Waals surface area contributed by atoms with E-state index in [1.807, 2.05) is 12.1 Å². The molecule has 0 saturated heterocycles. The summed E-state index contributed by atoms with van der Waals surface area (Å²) < 4.78 is 42.1. The molecule has 0 fully saturated rings. The van der Waals surface area contributed by atoms with Crippen molar-refractivity contribution in [1.82, 2.24) is 9.97 Å². The number of benzene rings is 3. The van der Waals surface area contributed by atoms with Crippen molar-refractivity contribution in [1.29, 1.82) is 0 Å². The number of nitrogens with zero attached hydrogens (tertiary/aromatic N) is 1. The number of halogens is 4. The number of H-pyrrole nitrogens is 1. The summed E-state index contributed by atoms with van der Waals surface area (Å²) in [4.78, 5) is 21.1. The molecule has 0 aliphatic heterocycles. The van der Waals surface area contributed by atoms with Crippen molar-refractivity contribution in [3.63, 3.8) is 0 Å². The van der Waals surface area contributed by atoms with Crippen molar-refractivity contribution < 1.29 is 18.0 Å². The molecule has 3 aromatic carbocycles. The molecule has 2 heterocycles. The van der Waals surface area contributed by atoms with Crippen molar-refractivity contribution in [2.24, 2.45) is 5.73 Å². The quantitative estimate of drug-likeness (QED) is 0.194. The van der Waals surface area contributed by atoms with Gasteiger partial charge in [-0.1, -0.05) is 30.3 Å². The minimum Gasteiger partial charge on any atom is -0.399 e. The van der Waals surface area contributed by atoms with Crippen LogP contribution in [0.5, 0.6) is 0 Å².